The lowest BCUT2D eigenvalue weighted by Gasteiger charge is -2.14. The van der Waals surface area contributed by atoms with Gasteiger partial charge in [-0.25, -0.2) is 9.97 Å². The zero-order valence-corrected chi connectivity index (χ0v) is 21.1. The second-order valence-electron chi connectivity index (χ2n) is 8.87. The van der Waals surface area contributed by atoms with Gasteiger partial charge in [-0.15, -0.1) is 0 Å². The fourth-order valence-corrected chi connectivity index (χ4v) is 4.39. The average Bonchev–Trinajstić information content (AvgIpc) is 3.45. The van der Waals surface area contributed by atoms with Gasteiger partial charge in [0.25, 0.3) is 5.91 Å². The van der Waals surface area contributed by atoms with Crippen molar-refractivity contribution < 1.29 is 14.3 Å². The first kappa shape index (κ1) is 25.4. The Morgan fingerprint density at radius 1 is 1.00 bits per heavy atom. The Morgan fingerprint density at radius 3 is 2.64 bits per heavy atom. The summed E-state index contributed by atoms with van der Waals surface area (Å²) < 4.78 is 10.7. The number of ether oxygens (including phenoxy) is 2. The summed E-state index contributed by atoms with van der Waals surface area (Å²) in [6.45, 7) is 4.76. The third-order valence-corrected chi connectivity index (χ3v) is 6.36. The lowest BCUT2D eigenvalue weighted by molar-refractivity contribution is 0.0952. The minimum Gasteiger partial charge on any atom is -0.493 e. The van der Waals surface area contributed by atoms with E-state index >= 15 is 0 Å². The second kappa shape index (κ2) is 12.9. The maximum absolute atomic E-state index is 12.7. The number of anilines is 1. The number of aromatic nitrogens is 2. The standard InChI is InChI=1S/C28H35N5O3/c1-35-25-10-9-21(19-26(25)36-2)11-14-30-28-31-15-12-24(32-28)22-7-5-8-23(20-22)27(34)29-13-6-18-33-16-3-4-17-33/h5,7-10,12,15,19-20H,3-4,6,11,13-14,16-18H2,1-2H3,(H,29,34)(H,30,31,32). The number of hydrogen-bond acceptors (Lipinski definition) is 7. The molecule has 1 aliphatic rings. The molecule has 0 spiro atoms. The molecular formula is C28H35N5O3. The van der Waals surface area contributed by atoms with Gasteiger partial charge in [-0.2, -0.15) is 0 Å². The molecule has 0 radical (unpaired) electrons. The summed E-state index contributed by atoms with van der Waals surface area (Å²) in [5.41, 5.74) is 3.40. The molecule has 0 saturated carbocycles. The maximum Gasteiger partial charge on any atom is 0.251 e. The van der Waals surface area contributed by atoms with E-state index in [1.807, 2.05) is 48.5 Å². The van der Waals surface area contributed by atoms with Gasteiger partial charge in [0.15, 0.2) is 11.5 Å². The minimum absolute atomic E-state index is 0.0550. The van der Waals surface area contributed by atoms with Crippen LogP contribution in [0.3, 0.4) is 0 Å². The highest BCUT2D eigenvalue weighted by Gasteiger charge is 2.12. The number of hydrogen-bond donors (Lipinski definition) is 2. The Labute approximate surface area is 213 Å². The van der Waals surface area contributed by atoms with Gasteiger partial charge >= 0.3 is 0 Å². The Bertz CT molecular complexity index is 1150. The molecule has 3 aromatic rings. The van der Waals surface area contributed by atoms with Gasteiger partial charge in [0, 0.05) is 30.4 Å². The monoisotopic (exact) mass is 489 g/mol. The summed E-state index contributed by atoms with van der Waals surface area (Å²) in [7, 11) is 3.26. The van der Waals surface area contributed by atoms with Crippen LogP contribution in [-0.2, 0) is 6.42 Å². The zero-order chi connectivity index (χ0) is 25.2. The number of benzene rings is 2. The molecule has 36 heavy (non-hydrogen) atoms. The van der Waals surface area contributed by atoms with Crippen LogP contribution in [0.2, 0.25) is 0 Å². The molecule has 4 rings (SSSR count). The molecule has 2 heterocycles. The van der Waals surface area contributed by atoms with E-state index in [2.05, 4.69) is 25.5 Å². The lowest BCUT2D eigenvalue weighted by Crippen LogP contribution is -2.28. The van der Waals surface area contributed by atoms with E-state index in [0.29, 0.717) is 36.1 Å². The van der Waals surface area contributed by atoms with Gasteiger partial charge in [0.2, 0.25) is 5.95 Å². The fourth-order valence-electron chi connectivity index (χ4n) is 4.39. The number of rotatable bonds is 12. The van der Waals surface area contributed by atoms with Crippen molar-refractivity contribution in [2.24, 2.45) is 0 Å². The van der Waals surface area contributed by atoms with E-state index in [0.717, 1.165) is 36.2 Å². The van der Waals surface area contributed by atoms with Crippen molar-refractivity contribution in [1.29, 1.82) is 0 Å². The SMILES string of the molecule is COc1ccc(CCNc2nccc(-c3cccc(C(=O)NCCCN4CCCC4)c3)n2)cc1OC. The van der Waals surface area contributed by atoms with Gasteiger partial charge in [0.1, 0.15) is 0 Å². The molecule has 1 aromatic heterocycles. The number of nitrogens with one attached hydrogen (secondary N) is 2. The first-order chi connectivity index (χ1) is 17.7. The molecule has 0 bridgehead atoms. The fraction of sp³-hybridized carbons (Fsp3) is 0.393. The molecule has 2 N–H and O–H groups in total. The predicted octanol–water partition coefficient (Wildman–Crippen LogP) is 4.03. The van der Waals surface area contributed by atoms with Gasteiger partial charge in [-0.05, 0) is 81.2 Å². The summed E-state index contributed by atoms with van der Waals surface area (Å²) in [6.07, 6.45) is 6.05. The largest absolute Gasteiger partial charge is 0.493 e. The average molecular weight is 490 g/mol. The van der Waals surface area contributed by atoms with Crippen LogP contribution in [0.4, 0.5) is 5.95 Å². The zero-order valence-electron chi connectivity index (χ0n) is 21.1. The summed E-state index contributed by atoms with van der Waals surface area (Å²) >= 11 is 0. The molecule has 0 atom stereocenters. The molecule has 8 heteroatoms. The summed E-state index contributed by atoms with van der Waals surface area (Å²) in [6, 6.07) is 15.3. The minimum atomic E-state index is -0.0550. The third-order valence-electron chi connectivity index (χ3n) is 6.36. The van der Waals surface area contributed by atoms with E-state index in [9.17, 15) is 4.79 Å². The highest BCUT2D eigenvalue weighted by Crippen LogP contribution is 2.27. The second-order valence-corrected chi connectivity index (χ2v) is 8.87. The topological polar surface area (TPSA) is 88.6 Å². The smallest absolute Gasteiger partial charge is 0.251 e. The molecule has 0 aliphatic carbocycles. The van der Waals surface area contributed by atoms with Crippen molar-refractivity contribution in [3.8, 4) is 22.8 Å². The van der Waals surface area contributed by atoms with Crippen molar-refractivity contribution in [3.63, 3.8) is 0 Å². The Balaban J connectivity index is 1.31. The van der Waals surface area contributed by atoms with Crippen LogP contribution in [0, 0.1) is 0 Å². The van der Waals surface area contributed by atoms with Gasteiger partial charge < -0.3 is 25.0 Å². The highest BCUT2D eigenvalue weighted by atomic mass is 16.5. The van der Waals surface area contributed by atoms with Gasteiger partial charge in [0.05, 0.1) is 19.9 Å². The van der Waals surface area contributed by atoms with Crippen LogP contribution < -0.4 is 20.1 Å². The summed E-state index contributed by atoms with van der Waals surface area (Å²) in [5, 5.41) is 6.33. The normalized spacial score (nSPS) is 13.4. The summed E-state index contributed by atoms with van der Waals surface area (Å²) in [5.74, 6) is 1.91. The number of carbonyl (C=O) groups excluding carboxylic acids is 1. The molecule has 8 nitrogen and oxygen atoms in total. The van der Waals surface area contributed by atoms with Crippen molar-refractivity contribution in [1.82, 2.24) is 20.2 Å². The molecule has 1 fully saturated rings. The lowest BCUT2D eigenvalue weighted by atomic mass is 10.1. The van der Waals surface area contributed by atoms with Crippen LogP contribution in [-0.4, -0.2) is 67.7 Å². The van der Waals surface area contributed by atoms with E-state index in [4.69, 9.17) is 9.47 Å². The number of methoxy groups -OCH3 is 2. The predicted molar refractivity (Wildman–Crippen MR) is 142 cm³/mol. The maximum atomic E-state index is 12.7. The van der Waals surface area contributed by atoms with E-state index in [1.54, 1.807) is 20.4 Å². The van der Waals surface area contributed by atoms with Crippen molar-refractivity contribution in [2.75, 3.05) is 52.3 Å². The number of amides is 1. The first-order valence-electron chi connectivity index (χ1n) is 12.5. The molecular weight excluding hydrogens is 454 g/mol. The molecule has 0 unspecified atom stereocenters. The van der Waals surface area contributed by atoms with Crippen LogP contribution in [0.15, 0.2) is 54.7 Å². The molecule has 1 saturated heterocycles. The molecule has 1 aliphatic heterocycles. The number of carbonyl (C=O) groups is 1. The van der Waals surface area contributed by atoms with Crippen LogP contribution >= 0.6 is 0 Å². The van der Waals surface area contributed by atoms with E-state index in [-0.39, 0.29) is 5.91 Å². The van der Waals surface area contributed by atoms with Crippen LogP contribution in [0.1, 0.15) is 35.2 Å². The molecule has 1 amide bonds. The highest BCUT2D eigenvalue weighted by molar-refractivity contribution is 5.95. The van der Waals surface area contributed by atoms with E-state index < -0.39 is 0 Å². The molecule has 190 valence electrons. The van der Waals surface area contributed by atoms with Crippen LogP contribution in [0.25, 0.3) is 11.3 Å². The van der Waals surface area contributed by atoms with Crippen molar-refractivity contribution >= 4 is 11.9 Å². The van der Waals surface area contributed by atoms with Crippen LogP contribution in [0.5, 0.6) is 11.5 Å². The Kier molecular flexibility index (Phi) is 9.10. The van der Waals surface area contributed by atoms with Gasteiger partial charge in [-0.1, -0.05) is 18.2 Å². The summed E-state index contributed by atoms with van der Waals surface area (Å²) in [4.78, 5) is 24.1. The molecule has 2 aromatic carbocycles. The number of nitrogens with zero attached hydrogens (tertiary/aromatic N) is 3. The Morgan fingerprint density at radius 2 is 1.83 bits per heavy atom. The van der Waals surface area contributed by atoms with Gasteiger partial charge in [-0.3, -0.25) is 4.79 Å². The van der Waals surface area contributed by atoms with Crippen molar-refractivity contribution in [3.05, 3.63) is 65.9 Å². The van der Waals surface area contributed by atoms with Crippen molar-refractivity contribution in [2.45, 2.75) is 25.7 Å². The quantitative estimate of drug-likeness (QED) is 0.371. The first-order valence-corrected chi connectivity index (χ1v) is 12.5. The third kappa shape index (κ3) is 6.95. The Hall–Kier alpha value is -3.65. The van der Waals surface area contributed by atoms with E-state index in [1.165, 1.54) is 25.9 Å². The number of likely N-dealkylation sites (tertiary alicyclic amines) is 1.